The van der Waals surface area contributed by atoms with Crippen LogP contribution in [-0.2, 0) is 0 Å². The summed E-state index contributed by atoms with van der Waals surface area (Å²) in [6.07, 6.45) is 0. The van der Waals surface area contributed by atoms with E-state index in [2.05, 4.69) is 38.5 Å². The fraction of sp³-hybridized carbons (Fsp3) is 0. The molecule has 0 aliphatic carbocycles. The first kappa shape index (κ1) is 10.3. The number of carbonyl (C=O) groups is 1. The average Bonchev–Trinajstić information content (AvgIpc) is 1.96. The summed E-state index contributed by atoms with van der Waals surface area (Å²) >= 11 is 11.0. The van der Waals surface area contributed by atoms with Gasteiger partial charge in [-0.1, -0.05) is 11.6 Å². The summed E-state index contributed by atoms with van der Waals surface area (Å²) in [6.45, 7) is 0. The van der Waals surface area contributed by atoms with Crippen LogP contribution in [0.25, 0.3) is 0 Å². The molecule has 0 aromatic heterocycles. The molecule has 1 rings (SSSR count). The van der Waals surface area contributed by atoms with E-state index in [9.17, 15) is 4.79 Å². The van der Waals surface area contributed by atoms with Gasteiger partial charge < -0.3 is 5.11 Å². The molecular formula is C7H3BrClIO2. The number of halogens is 3. The van der Waals surface area contributed by atoms with Crippen molar-refractivity contribution < 1.29 is 9.90 Å². The minimum Gasteiger partial charge on any atom is -0.478 e. The van der Waals surface area contributed by atoms with Crippen molar-refractivity contribution in [3.63, 3.8) is 0 Å². The van der Waals surface area contributed by atoms with Gasteiger partial charge in [-0.05, 0) is 50.7 Å². The van der Waals surface area contributed by atoms with Crippen molar-refractivity contribution in [2.24, 2.45) is 0 Å². The largest absolute Gasteiger partial charge is 0.478 e. The van der Waals surface area contributed by atoms with Gasteiger partial charge in [0.15, 0.2) is 0 Å². The highest BCUT2D eigenvalue weighted by Gasteiger charge is 2.10. The Morgan fingerprint density at radius 3 is 2.67 bits per heavy atom. The van der Waals surface area contributed by atoms with Crippen LogP contribution in [0.15, 0.2) is 16.6 Å². The Morgan fingerprint density at radius 1 is 1.58 bits per heavy atom. The minimum atomic E-state index is -1.02. The Bertz CT molecular complexity index is 340. The molecule has 64 valence electrons. The molecule has 0 bridgehead atoms. The van der Waals surface area contributed by atoms with E-state index in [0.29, 0.717) is 0 Å². The van der Waals surface area contributed by atoms with Crippen molar-refractivity contribution in [2.75, 3.05) is 0 Å². The zero-order valence-electron chi connectivity index (χ0n) is 5.64. The van der Waals surface area contributed by atoms with Crippen molar-refractivity contribution in [2.45, 2.75) is 0 Å². The molecule has 0 saturated heterocycles. The Balaban J connectivity index is 3.33. The van der Waals surface area contributed by atoms with Crippen molar-refractivity contribution in [1.29, 1.82) is 0 Å². The van der Waals surface area contributed by atoms with Gasteiger partial charge in [-0.15, -0.1) is 0 Å². The highest BCUT2D eigenvalue weighted by Crippen LogP contribution is 2.26. The predicted molar refractivity (Wildman–Crippen MR) is 58.8 cm³/mol. The quantitative estimate of drug-likeness (QED) is 0.615. The Kier molecular flexibility index (Phi) is 3.37. The lowest BCUT2D eigenvalue weighted by atomic mass is 10.2. The maximum atomic E-state index is 10.6. The van der Waals surface area contributed by atoms with Crippen LogP contribution in [0.1, 0.15) is 10.4 Å². The van der Waals surface area contributed by atoms with Gasteiger partial charge in [-0.3, -0.25) is 0 Å². The second-order valence-corrected chi connectivity index (χ2v) is 4.48. The Morgan fingerprint density at radius 2 is 2.17 bits per heavy atom. The average molecular weight is 361 g/mol. The molecule has 12 heavy (non-hydrogen) atoms. The fourth-order valence-electron chi connectivity index (χ4n) is 0.686. The summed E-state index contributed by atoms with van der Waals surface area (Å²) in [5.41, 5.74) is 0.115. The number of rotatable bonds is 1. The van der Waals surface area contributed by atoms with Crippen LogP contribution in [0.4, 0.5) is 0 Å². The van der Waals surface area contributed by atoms with Crippen LogP contribution in [0.3, 0.4) is 0 Å². The van der Waals surface area contributed by atoms with Crippen LogP contribution in [-0.4, -0.2) is 11.1 Å². The van der Waals surface area contributed by atoms with Crippen molar-refractivity contribution in [3.05, 3.63) is 30.8 Å². The van der Waals surface area contributed by atoms with Crippen molar-refractivity contribution in [3.8, 4) is 0 Å². The first-order valence-corrected chi connectivity index (χ1v) is 5.15. The second-order valence-electron chi connectivity index (χ2n) is 2.05. The molecule has 0 radical (unpaired) electrons. The molecule has 0 unspecified atom stereocenters. The van der Waals surface area contributed by atoms with Crippen LogP contribution in [0, 0.1) is 3.57 Å². The van der Waals surface area contributed by atoms with Crippen LogP contribution >= 0.6 is 50.1 Å². The molecule has 0 fully saturated rings. The molecule has 2 nitrogen and oxygen atoms in total. The van der Waals surface area contributed by atoms with Crippen LogP contribution in [0.2, 0.25) is 5.02 Å². The van der Waals surface area contributed by atoms with Gasteiger partial charge in [0, 0.05) is 8.04 Å². The number of hydrogen-bond donors (Lipinski definition) is 1. The smallest absolute Gasteiger partial charge is 0.337 e. The summed E-state index contributed by atoms with van der Waals surface area (Å²) in [5, 5.41) is 8.93. The molecule has 5 heteroatoms. The van der Waals surface area contributed by atoms with E-state index in [0.717, 1.165) is 8.04 Å². The lowest BCUT2D eigenvalue weighted by molar-refractivity contribution is 0.0697. The molecule has 0 saturated carbocycles. The summed E-state index contributed by atoms with van der Waals surface area (Å²) in [4.78, 5) is 10.6. The first-order chi connectivity index (χ1) is 5.52. The number of benzene rings is 1. The molecule has 1 aromatic rings. The lowest BCUT2D eigenvalue weighted by Crippen LogP contribution is -1.97. The van der Waals surface area contributed by atoms with E-state index in [-0.39, 0.29) is 10.6 Å². The molecular weight excluding hydrogens is 358 g/mol. The fourth-order valence-corrected chi connectivity index (χ4v) is 1.93. The maximum Gasteiger partial charge on any atom is 0.337 e. The van der Waals surface area contributed by atoms with E-state index >= 15 is 0 Å². The normalized spacial score (nSPS) is 9.92. The number of carboxylic acid groups (broad SMARTS) is 1. The van der Waals surface area contributed by atoms with E-state index in [1.54, 1.807) is 6.07 Å². The third-order valence-electron chi connectivity index (χ3n) is 1.24. The van der Waals surface area contributed by atoms with Gasteiger partial charge >= 0.3 is 5.97 Å². The summed E-state index contributed by atoms with van der Waals surface area (Å²) < 4.78 is 1.63. The number of aromatic carboxylic acids is 1. The first-order valence-electron chi connectivity index (χ1n) is 2.90. The molecule has 0 aliphatic heterocycles. The van der Waals surface area contributed by atoms with Gasteiger partial charge in [0.2, 0.25) is 0 Å². The molecule has 0 heterocycles. The Hall–Kier alpha value is 0.190. The summed E-state index contributed by atoms with van der Waals surface area (Å²) in [5.74, 6) is -1.02. The van der Waals surface area contributed by atoms with Gasteiger partial charge in [0.05, 0.1) is 10.6 Å². The topological polar surface area (TPSA) is 37.3 Å². The standard InChI is InChI=1S/C7H3BrClIO2/c8-4-1-3(7(11)12)5(9)2-6(4)10/h1-2H,(H,11,12). The minimum absolute atomic E-state index is 0.115. The highest BCUT2D eigenvalue weighted by molar-refractivity contribution is 14.1. The van der Waals surface area contributed by atoms with Gasteiger partial charge in [0.25, 0.3) is 0 Å². The van der Waals surface area contributed by atoms with Crippen LogP contribution < -0.4 is 0 Å². The predicted octanol–water partition coefficient (Wildman–Crippen LogP) is 3.41. The van der Waals surface area contributed by atoms with E-state index in [1.165, 1.54) is 6.07 Å². The third kappa shape index (κ3) is 2.11. The van der Waals surface area contributed by atoms with E-state index in [4.69, 9.17) is 16.7 Å². The molecule has 0 aliphatic rings. The monoisotopic (exact) mass is 360 g/mol. The summed E-state index contributed by atoms with van der Waals surface area (Å²) in [6, 6.07) is 3.10. The second kappa shape index (κ2) is 3.93. The van der Waals surface area contributed by atoms with E-state index < -0.39 is 5.97 Å². The molecule has 0 amide bonds. The third-order valence-corrected chi connectivity index (χ3v) is 3.84. The summed E-state index contributed by atoms with van der Waals surface area (Å²) in [7, 11) is 0. The van der Waals surface area contributed by atoms with Gasteiger partial charge in [0.1, 0.15) is 0 Å². The lowest BCUT2D eigenvalue weighted by Gasteiger charge is -2.01. The zero-order chi connectivity index (χ0) is 9.30. The molecule has 0 spiro atoms. The zero-order valence-corrected chi connectivity index (χ0v) is 10.1. The number of hydrogen-bond acceptors (Lipinski definition) is 1. The highest BCUT2D eigenvalue weighted by atomic mass is 127. The van der Waals surface area contributed by atoms with Gasteiger partial charge in [-0.25, -0.2) is 4.79 Å². The SMILES string of the molecule is O=C(O)c1cc(Br)c(I)cc1Cl. The Labute approximate surface area is 96.2 Å². The molecule has 1 N–H and O–H groups in total. The van der Waals surface area contributed by atoms with Gasteiger partial charge in [-0.2, -0.15) is 0 Å². The maximum absolute atomic E-state index is 10.6. The van der Waals surface area contributed by atoms with Crippen LogP contribution in [0.5, 0.6) is 0 Å². The number of carboxylic acids is 1. The molecule has 0 atom stereocenters. The molecule has 1 aromatic carbocycles. The van der Waals surface area contributed by atoms with Crippen molar-refractivity contribution in [1.82, 2.24) is 0 Å². The van der Waals surface area contributed by atoms with Crippen molar-refractivity contribution >= 4 is 56.1 Å². The van der Waals surface area contributed by atoms with E-state index in [1.807, 2.05) is 0 Å².